The number of carbonyl (C=O) groups is 2. The molecule has 9 aliphatic rings. The lowest BCUT2D eigenvalue weighted by Gasteiger charge is -2.19. The van der Waals surface area contributed by atoms with Crippen LogP contribution in [0.25, 0.3) is 0 Å². The molecule has 0 atom stereocenters. The minimum absolute atomic E-state index is 0.239. The Morgan fingerprint density at radius 1 is 0.375 bits per heavy atom. The molecule has 0 saturated carbocycles. The van der Waals surface area contributed by atoms with Gasteiger partial charge in [0.15, 0.2) is 0 Å². The number of aryl methyl sites for hydroxylation is 8. The van der Waals surface area contributed by atoms with Crippen LogP contribution in [0.15, 0.2) is 72.8 Å². The molecule has 1 aliphatic heterocycles. The van der Waals surface area contributed by atoms with E-state index >= 15 is 0 Å². The van der Waals surface area contributed by atoms with Gasteiger partial charge < -0.3 is 9.47 Å². The van der Waals surface area contributed by atoms with Crippen LogP contribution in [-0.4, -0.2) is 11.9 Å². The lowest BCUT2D eigenvalue weighted by molar-refractivity contribution is 0.0459. The molecule has 1 heterocycles. The van der Waals surface area contributed by atoms with Crippen molar-refractivity contribution in [3.63, 3.8) is 0 Å². The van der Waals surface area contributed by atoms with Crippen molar-refractivity contribution in [2.75, 3.05) is 0 Å². The maximum absolute atomic E-state index is 13.6. The predicted molar refractivity (Wildman–Crippen MR) is 154 cm³/mol. The summed E-state index contributed by atoms with van der Waals surface area (Å²) in [5.74, 6) is -0.514. The van der Waals surface area contributed by atoms with Crippen molar-refractivity contribution in [3.8, 4) is 0 Å². The Morgan fingerprint density at radius 3 is 1.15 bits per heavy atom. The van der Waals surface area contributed by atoms with Crippen LogP contribution in [0, 0.1) is 0 Å². The summed E-state index contributed by atoms with van der Waals surface area (Å²) in [6.07, 6.45) is 6.24. The first-order valence-electron chi connectivity index (χ1n) is 14.4. The maximum atomic E-state index is 13.6. The van der Waals surface area contributed by atoms with Gasteiger partial charge in [-0.1, -0.05) is 60.7 Å². The van der Waals surface area contributed by atoms with E-state index in [0.717, 1.165) is 83.0 Å². The molecule has 0 saturated heterocycles. The maximum Gasteiger partial charge on any atom is 0.338 e. The standard InChI is InChI=1S/C36H32O4/c37-35-33-19-25-3-1-23-5-9-27(13-15-29(33)11-7-25)31(17-23)21-39-36(38)34-20-26-4-2-24-6-10-28(32(18-24)22-40-35)14-16-30(34)12-8-26/h5-12,17-20H,1-4,13-16,21-22H2. The summed E-state index contributed by atoms with van der Waals surface area (Å²) >= 11 is 0. The number of rotatable bonds is 0. The van der Waals surface area contributed by atoms with Crippen LogP contribution in [-0.2, 0) is 74.1 Å². The summed E-state index contributed by atoms with van der Waals surface area (Å²) in [4.78, 5) is 27.1. The van der Waals surface area contributed by atoms with Crippen molar-refractivity contribution in [1.82, 2.24) is 0 Å². The average molecular weight is 529 g/mol. The molecule has 4 aromatic carbocycles. The highest BCUT2D eigenvalue weighted by atomic mass is 16.5. The Bertz CT molecular complexity index is 1520. The van der Waals surface area contributed by atoms with Crippen molar-refractivity contribution in [2.24, 2.45) is 0 Å². The van der Waals surface area contributed by atoms with Crippen LogP contribution in [0.1, 0.15) is 76.4 Å². The molecule has 12 bridgehead atoms. The SMILES string of the molecule is O=C1OCc2cc3ccc2CCc2ccc(cc2C(=O)OCc2cc4ccc2CCc2ccc(cc21)CC4)CC3. The van der Waals surface area contributed by atoms with Gasteiger partial charge in [0.25, 0.3) is 0 Å². The monoisotopic (exact) mass is 528 g/mol. The smallest absolute Gasteiger partial charge is 0.338 e. The first-order valence-corrected chi connectivity index (χ1v) is 14.4. The molecule has 0 unspecified atom stereocenters. The summed E-state index contributed by atoms with van der Waals surface area (Å²) < 4.78 is 12.1. The average Bonchev–Trinajstić information content (AvgIpc) is 2.96. The summed E-state index contributed by atoms with van der Waals surface area (Å²) in [5.41, 5.74) is 12.4. The van der Waals surface area contributed by atoms with Crippen molar-refractivity contribution < 1.29 is 19.1 Å². The first-order chi connectivity index (χ1) is 19.6. The second kappa shape index (κ2) is 10.4. The number of cyclic esters (lactones) is 2. The van der Waals surface area contributed by atoms with Gasteiger partial charge in [-0.2, -0.15) is 0 Å². The normalized spacial score (nSPS) is 16.5. The third kappa shape index (κ3) is 4.95. The Labute approximate surface area is 235 Å². The van der Waals surface area contributed by atoms with E-state index in [1.165, 1.54) is 11.1 Å². The van der Waals surface area contributed by atoms with E-state index < -0.39 is 0 Å². The van der Waals surface area contributed by atoms with Gasteiger partial charge in [-0.15, -0.1) is 0 Å². The summed E-state index contributed by atoms with van der Waals surface area (Å²) in [6, 6.07) is 25.6. The van der Waals surface area contributed by atoms with Crippen LogP contribution < -0.4 is 0 Å². The zero-order chi connectivity index (χ0) is 27.1. The van der Waals surface area contributed by atoms with Gasteiger partial charge in [0, 0.05) is 0 Å². The van der Waals surface area contributed by atoms with Gasteiger partial charge in [0.05, 0.1) is 11.1 Å². The van der Waals surface area contributed by atoms with Crippen LogP contribution in [0.5, 0.6) is 0 Å². The Kier molecular flexibility index (Phi) is 6.47. The fraction of sp³-hybridized carbons (Fsp3) is 0.278. The molecule has 0 spiro atoms. The number of hydrogen-bond acceptors (Lipinski definition) is 4. The van der Waals surface area contributed by atoms with Gasteiger partial charge in [0.2, 0.25) is 0 Å². The minimum atomic E-state index is -0.257. The number of benzene rings is 4. The van der Waals surface area contributed by atoms with E-state index in [1.807, 2.05) is 12.1 Å². The second-order valence-electron chi connectivity index (χ2n) is 11.3. The van der Waals surface area contributed by atoms with Crippen LogP contribution in [0.4, 0.5) is 0 Å². The summed E-state index contributed by atoms with van der Waals surface area (Å²) in [7, 11) is 0. The number of esters is 2. The largest absolute Gasteiger partial charge is 0.457 e. The highest BCUT2D eigenvalue weighted by Gasteiger charge is 2.20. The third-order valence-corrected chi connectivity index (χ3v) is 8.78. The van der Waals surface area contributed by atoms with Gasteiger partial charge in [0.1, 0.15) is 13.2 Å². The summed E-state index contributed by atoms with van der Waals surface area (Å²) in [5, 5.41) is 0. The molecular weight excluding hydrogens is 496 g/mol. The Morgan fingerprint density at radius 2 is 0.725 bits per heavy atom. The van der Waals surface area contributed by atoms with E-state index in [9.17, 15) is 9.59 Å². The molecule has 0 amide bonds. The zero-order valence-electron chi connectivity index (χ0n) is 22.6. The van der Waals surface area contributed by atoms with E-state index in [2.05, 4.69) is 60.7 Å². The fourth-order valence-corrected chi connectivity index (χ4v) is 6.36. The van der Waals surface area contributed by atoms with Crippen molar-refractivity contribution in [1.29, 1.82) is 0 Å². The second-order valence-corrected chi connectivity index (χ2v) is 11.3. The minimum Gasteiger partial charge on any atom is -0.457 e. The van der Waals surface area contributed by atoms with Crippen LogP contribution >= 0.6 is 0 Å². The highest BCUT2D eigenvalue weighted by molar-refractivity contribution is 5.92. The molecule has 4 aromatic rings. The molecule has 0 fully saturated rings. The number of hydrogen-bond donors (Lipinski definition) is 0. The topological polar surface area (TPSA) is 52.6 Å². The predicted octanol–water partition coefficient (Wildman–Crippen LogP) is 6.48. The van der Waals surface area contributed by atoms with Gasteiger partial charge >= 0.3 is 11.9 Å². The summed E-state index contributed by atoms with van der Waals surface area (Å²) in [6.45, 7) is 0.478. The fourth-order valence-electron chi connectivity index (χ4n) is 6.36. The molecule has 4 heteroatoms. The van der Waals surface area contributed by atoms with Crippen LogP contribution in [0.2, 0.25) is 0 Å². The van der Waals surface area contributed by atoms with Gasteiger partial charge in [-0.05, 0) is 119 Å². The molecule has 0 aromatic heterocycles. The van der Waals surface area contributed by atoms with Crippen molar-refractivity contribution in [3.05, 3.63) is 140 Å². The molecule has 200 valence electrons. The molecule has 0 N–H and O–H groups in total. The zero-order valence-corrected chi connectivity index (χ0v) is 22.6. The first kappa shape index (κ1) is 24.8. The van der Waals surface area contributed by atoms with E-state index in [-0.39, 0.29) is 25.2 Å². The lowest BCUT2D eigenvalue weighted by atomic mass is 9.90. The third-order valence-electron chi connectivity index (χ3n) is 8.78. The van der Waals surface area contributed by atoms with Crippen molar-refractivity contribution >= 4 is 11.9 Å². The lowest BCUT2D eigenvalue weighted by Crippen LogP contribution is -2.15. The Balaban J connectivity index is 1.34. The van der Waals surface area contributed by atoms with Gasteiger partial charge in [-0.3, -0.25) is 0 Å². The number of carbonyl (C=O) groups excluding carboxylic acids is 2. The molecular formula is C36H32O4. The molecule has 4 nitrogen and oxygen atoms in total. The molecule has 0 radical (unpaired) electrons. The number of ether oxygens (including phenoxy) is 2. The van der Waals surface area contributed by atoms with E-state index in [1.54, 1.807) is 0 Å². The Hall–Kier alpha value is -4.18. The quantitative estimate of drug-likeness (QED) is 0.245. The van der Waals surface area contributed by atoms with Gasteiger partial charge in [-0.25, -0.2) is 9.59 Å². The highest BCUT2D eigenvalue weighted by Crippen LogP contribution is 2.26. The van der Waals surface area contributed by atoms with Crippen LogP contribution in [0.3, 0.4) is 0 Å². The molecule has 40 heavy (non-hydrogen) atoms. The van der Waals surface area contributed by atoms with E-state index in [0.29, 0.717) is 24.0 Å². The molecule has 13 rings (SSSR count). The molecule has 8 aliphatic carbocycles. The van der Waals surface area contributed by atoms with Crippen molar-refractivity contribution in [2.45, 2.75) is 64.6 Å². The van der Waals surface area contributed by atoms with E-state index in [4.69, 9.17) is 9.47 Å².